The molecule has 8 atom stereocenters. The van der Waals surface area contributed by atoms with E-state index in [0.717, 1.165) is 113 Å². The van der Waals surface area contributed by atoms with Gasteiger partial charge in [0, 0.05) is 85.5 Å². The Bertz CT molecular complexity index is 6300. The van der Waals surface area contributed by atoms with Crippen molar-refractivity contribution in [3.8, 4) is 50.6 Å². The van der Waals surface area contributed by atoms with Gasteiger partial charge in [0.05, 0.1) is 135 Å². The number of rotatable bonds is 28. The van der Waals surface area contributed by atoms with E-state index in [1.807, 2.05) is 91.9 Å². The van der Waals surface area contributed by atoms with Gasteiger partial charge in [-0.05, 0) is 271 Å². The molecule has 18 rings (SSSR count). The molecule has 24 nitrogen and oxygen atoms in total. The molecule has 9 fully saturated rings. The molecule has 6 saturated heterocycles. The van der Waals surface area contributed by atoms with Gasteiger partial charge in [-0.2, -0.15) is 79.0 Å². The van der Waals surface area contributed by atoms with Gasteiger partial charge in [-0.1, -0.05) is 18.2 Å². The summed E-state index contributed by atoms with van der Waals surface area (Å²) < 4.78 is 295. The summed E-state index contributed by atoms with van der Waals surface area (Å²) in [6, 6.07) is 27.2. The zero-order valence-corrected chi connectivity index (χ0v) is 80.3. The van der Waals surface area contributed by atoms with E-state index in [9.17, 15) is 108 Å². The normalized spacial score (nSPS) is 20.6. The first kappa shape index (κ1) is 105. The van der Waals surface area contributed by atoms with Crippen LogP contribution in [-0.2, 0) is 112 Å². The molecule has 146 heavy (non-hydrogen) atoms. The molecule has 6 aliphatic heterocycles. The van der Waals surface area contributed by atoms with Gasteiger partial charge in [0.15, 0.2) is 0 Å². The third-order valence-corrected chi connectivity index (χ3v) is 27.6. The highest BCUT2D eigenvalue weighted by atomic mass is 19.4. The topological polar surface area (TPSA) is 244 Å². The molecule has 0 N–H and O–H groups in total. The van der Waals surface area contributed by atoms with Crippen LogP contribution < -0.4 is 28.9 Å². The number of alkyl halides is 18. The van der Waals surface area contributed by atoms with Crippen LogP contribution in [0.15, 0.2) is 140 Å². The van der Waals surface area contributed by atoms with Crippen LogP contribution in [0.3, 0.4) is 0 Å². The van der Waals surface area contributed by atoms with Gasteiger partial charge in [0.1, 0.15) is 53.0 Å². The molecule has 780 valence electrons. The average Bonchev–Trinajstić information content (AvgIpc) is 1.50. The Morgan fingerprint density at radius 1 is 0.370 bits per heavy atom. The minimum absolute atomic E-state index is 0.0418. The number of methoxy groups -OCH3 is 4. The van der Waals surface area contributed by atoms with Crippen LogP contribution >= 0.6 is 0 Å². The number of ether oxygens (including phenoxy) is 9. The number of benzene rings is 6. The number of aryl methyl sites for hydroxylation is 3. The van der Waals surface area contributed by atoms with E-state index in [1.165, 1.54) is 63.9 Å². The van der Waals surface area contributed by atoms with Crippen LogP contribution in [0.5, 0.6) is 17.2 Å². The number of hydrogen-bond donors (Lipinski definition) is 0. The second kappa shape index (κ2) is 42.2. The molecule has 3 aromatic heterocycles. The molecule has 3 amide bonds. The fraction of sp³-hybridized carbons (Fsp3) is 0.452. The van der Waals surface area contributed by atoms with E-state index in [0.29, 0.717) is 147 Å². The molecule has 0 unspecified atom stereocenters. The summed E-state index contributed by atoms with van der Waals surface area (Å²) in [7, 11) is 5.53. The lowest BCUT2D eigenvalue weighted by Gasteiger charge is -2.33. The summed E-state index contributed by atoms with van der Waals surface area (Å²) in [6.45, 7) is 10.7. The number of anilines is 3. The van der Waals surface area contributed by atoms with E-state index in [4.69, 9.17) is 57.6 Å². The van der Waals surface area contributed by atoms with Gasteiger partial charge in [-0.15, -0.1) is 0 Å². The number of carbonyl (C=O) groups excluding carboxylic acids is 6. The predicted molar refractivity (Wildman–Crippen MR) is 493 cm³/mol. The van der Waals surface area contributed by atoms with Crippen LogP contribution in [-0.4, -0.2) is 164 Å². The maximum atomic E-state index is 13.7. The summed E-state index contributed by atoms with van der Waals surface area (Å²) in [4.78, 5) is 101. The number of aromatic nitrogens is 3. The molecule has 0 radical (unpaired) electrons. The Kier molecular flexibility index (Phi) is 30.4. The van der Waals surface area contributed by atoms with Crippen molar-refractivity contribution >= 4 is 53.6 Å². The Morgan fingerprint density at radius 2 is 0.719 bits per heavy atom. The van der Waals surface area contributed by atoms with Crippen LogP contribution in [0.1, 0.15) is 211 Å². The number of amides is 3. The second-order valence-electron chi connectivity index (χ2n) is 37.6. The first-order chi connectivity index (χ1) is 69.0. The van der Waals surface area contributed by atoms with Crippen LogP contribution in [0.2, 0.25) is 0 Å². The van der Waals surface area contributed by atoms with Crippen molar-refractivity contribution in [1.82, 2.24) is 29.7 Å². The molecule has 0 bridgehead atoms. The standard InChI is InChI=1S/2C35H35F6N3O5.C34H33F6N3O5/c1-19-13-29(43-11-4-12-43)42-27(31(19)26-14-21(6-10-30(45)47-3)5-9-28(26)48-25-7-8-25)18-44-20(2)32(49-33(44)46)22-15-23(34(36,37)38)17-24(16-22)35(39,40)41;1-19-31(23-14-24(34(36,37)38)17-25(15-23)35(39,40)41)49-33(46)44(19)18-28-26(8-10-30(42-28)43-11-4-12-43)27-16-21(7-9-29(27)47-2)20-5-6-22(13-20)32(45)48-3;1-19-31(21-15-22(33(35,36)37)17-23(16-21)34(38,39)40)48-32(45)43(19)18-27-25(8-10-29(41-27)42-12-3-13-42)26-14-20(5-11-30(44)46-2)4-9-28(26)47-24-6-7-24/h5,9,13-17,20,25,32H,4,6-8,10-12,18H2,1-3H3;7-10,14-17,19-20,22,31H,4-6,11-13,18H2,1-3H3;4,8-10,14-17,19,24,31H,3,5-7,11-13,18H2,1-2H3/t20-,32-;19-,20+,22+,31-;19-,31-/m000/s1. The first-order valence-electron chi connectivity index (χ1n) is 47.6. The van der Waals surface area contributed by atoms with Crippen molar-refractivity contribution in [2.75, 3.05) is 82.4 Å². The maximum absolute atomic E-state index is 13.7. The Morgan fingerprint density at radius 3 is 1.07 bits per heavy atom. The zero-order chi connectivity index (χ0) is 105. The summed E-state index contributed by atoms with van der Waals surface area (Å²) in [5.41, 5.74) is -1.40. The molecule has 3 saturated carbocycles. The monoisotopic (exact) mass is 2060 g/mol. The van der Waals surface area contributed by atoms with E-state index in [1.54, 1.807) is 0 Å². The van der Waals surface area contributed by atoms with E-state index in [2.05, 4.69) is 14.7 Å². The van der Waals surface area contributed by atoms with Crippen LogP contribution in [0, 0.1) is 12.8 Å². The molecule has 6 aromatic carbocycles. The largest absolute Gasteiger partial charge is 0.496 e. The lowest BCUT2D eigenvalue weighted by molar-refractivity contribution is -0.145. The molecule has 9 aliphatic rings. The van der Waals surface area contributed by atoms with Crippen LogP contribution in [0.4, 0.5) is 111 Å². The van der Waals surface area contributed by atoms with Crippen LogP contribution in [0.25, 0.3) is 33.4 Å². The average molecular weight is 2060 g/mol. The van der Waals surface area contributed by atoms with Crippen molar-refractivity contribution in [2.45, 2.75) is 229 Å². The first-order valence-corrected chi connectivity index (χ1v) is 47.6. The summed E-state index contributed by atoms with van der Waals surface area (Å²) in [5, 5.41) is 0. The minimum Gasteiger partial charge on any atom is -0.496 e. The fourth-order valence-electron chi connectivity index (χ4n) is 18.8. The molecule has 3 aliphatic carbocycles. The Balaban J connectivity index is 0.000000157. The van der Waals surface area contributed by atoms with Gasteiger partial charge in [0.25, 0.3) is 0 Å². The zero-order valence-electron chi connectivity index (χ0n) is 80.3. The van der Waals surface area contributed by atoms with E-state index < -0.39 is 142 Å². The van der Waals surface area contributed by atoms with Gasteiger partial charge in [-0.25, -0.2) is 29.3 Å². The molecule has 0 spiro atoms. The number of carbonyl (C=O) groups is 6. The summed E-state index contributed by atoms with van der Waals surface area (Å²) >= 11 is 0. The summed E-state index contributed by atoms with van der Waals surface area (Å²) in [6.07, 6.45) is -27.4. The van der Waals surface area contributed by atoms with Crippen molar-refractivity contribution in [1.29, 1.82) is 0 Å². The lowest BCUT2D eigenvalue weighted by Crippen LogP contribution is -2.38. The molecule has 9 aromatic rings. The molecule has 9 heterocycles. The molecule has 42 heteroatoms. The number of hydrogen-bond acceptors (Lipinski definition) is 21. The van der Waals surface area contributed by atoms with E-state index >= 15 is 0 Å². The number of esters is 3. The highest BCUT2D eigenvalue weighted by molar-refractivity contribution is 5.82. The molecular weight excluding hydrogens is 1960 g/mol. The van der Waals surface area contributed by atoms with Crippen molar-refractivity contribution in [3.05, 3.63) is 229 Å². The quantitative estimate of drug-likeness (QED) is 0.0251. The highest BCUT2D eigenvalue weighted by Gasteiger charge is 2.50. The fourth-order valence-corrected chi connectivity index (χ4v) is 18.8. The minimum atomic E-state index is -5.05. The number of halogens is 18. The van der Waals surface area contributed by atoms with Crippen molar-refractivity contribution in [3.63, 3.8) is 0 Å². The SMILES string of the molecule is COC(=O)CCc1ccc(OC2CC2)c(-c2c(C)cc(N3CCC3)nc2CN2C(=O)O[C@H](c3cc(C(F)(F)F)cc(C(F)(F)F)c3)[C@@H]2C)c1.COC(=O)CCc1ccc(OC2CC2)c(-c2ccc(N3CCC3)nc2CN2C(=O)O[C@H](c3cc(C(F)(F)F)cc(C(F)(F)F)c3)[C@@H]2C)c1.COC(=O)[C@@H]1CC[C@@H](c2ccc(OC)c(-c3ccc(N4CCC4)nc3CN3C(=O)O[C@H](c4cc(C(F)(F)F)cc(C(F)(F)F)c4)[C@@H]3C)c2)C1. The second-order valence-corrected chi connectivity index (χ2v) is 37.6. The molecular formula is C104H103F18N9O15. The van der Waals surface area contributed by atoms with Gasteiger partial charge >= 0.3 is 73.2 Å². The highest BCUT2D eigenvalue weighted by Crippen LogP contribution is 2.51. The lowest BCUT2D eigenvalue weighted by atomic mass is 9.91. The smallest absolute Gasteiger partial charge is 0.416 e. The van der Waals surface area contributed by atoms with E-state index in [-0.39, 0.29) is 92.6 Å². The number of pyridine rings is 3. The third kappa shape index (κ3) is 23.9. The number of cyclic esters (lactones) is 3. The Labute approximate surface area is 826 Å². The van der Waals surface area contributed by atoms with Gasteiger partial charge in [-0.3, -0.25) is 29.1 Å². The third-order valence-electron chi connectivity index (χ3n) is 27.6. The van der Waals surface area contributed by atoms with Gasteiger partial charge in [0.2, 0.25) is 0 Å². The predicted octanol–water partition coefficient (Wildman–Crippen LogP) is 23.9. The van der Waals surface area contributed by atoms with Crippen molar-refractivity contribution < 1.29 is 150 Å². The van der Waals surface area contributed by atoms with Crippen molar-refractivity contribution in [2.24, 2.45) is 5.92 Å². The number of nitrogens with zero attached hydrogens (tertiary/aromatic N) is 9. The van der Waals surface area contributed by atoms with Gasteiger partial charge < -0.3 is 57.3 Å². The Hall–Kier alpha value is -13.5. The summed E-state index contributed by atoms with van der Waals surface area (Å²) in [5.74, 6) is 2.63. The maximum Gasteiger partial charge on any atom is 0.416 e.